The molecule has 0 aliphatic heterocycles. The van der Waals surface area contributed by atoms with Gasteiger partial charge in [0.05, 0.1) is 0 Å². The van der Waals surface area contributed by atoms with Crippen LogP contribution in [0.1, 0.15) is 44.2 Å². The second kappa shape index (κ2) is 9.18. The summed E-state index contributed by atoms with van der Waals surface area (Å²) < 4.78 is 0. The van der Waals surface area contributed by atoms with Gasteiger partial charge in [-0.15, -0.1) is 0 Å². The minimum absolute atomic E-state index is 0.00914. The van der Waals surface area contributed by atoms with Crippen molar-refractivity contribution in [2.24, 2.45) is 0 Å². The molecular weight excluding hydrogens is 248 g/mol. The molecule has 0 heterocycles. The second-order valence-electron chi connectivity index (χ2n) is 4.98. The van der Waals surface area contributed by atoms with Gasteiger partial charge >= 0.3 is 6.03 Å². The normalized spacial score (nSPS) is 10.8. The third-order valence-corrected chi connectivity index (χ3v) is 3.22. The van der Waals surface area contributed by atoms with Gasteiger partial charge in [-0.2, -0.15) is 0 Å². The van der Waals surface area contributed by atoms with E-state index in [9.17, 15) is 4.79 Å². The van der Waals surface area contributed by atoms with Gasteiger partial charge in [-0.1, -0.05) is 44.5 Å². The van der Waals surface area contributed by atoms with E-state index >= 15 is 0 Å². The highest BCUT2D eigenvalue weighted by Crippen LogP contribution is 2.08. The lowest BCUT2D eigenvalue weighted by Gasteiger charge is -2.21. The van der Waals surface area contributed by atoms with Crippen LogP contribution in [0.15, 0.2) is 30.5 Å². The predicted octanol–water partition coefficient (Wildman–Crippen LogP) is 4.19. The molecule has 0 atom stereocenters. The van der Waals surface area contributed by atoms with Crippen molar-refractivity contribution in [2.75, 3.05) is 13.1 Å². The van der Waals surface area contributed by atoms with E-state index in [1.54, 1.807) is 6.20 Å². The number of amides is 2. The van der Waals surface area contributed by atoms with Crippen LogP contribution in [0.2, 0.25) is 0 Å². The molecule has 0 aromatic heterocycles. The Balaban J connectivity index is 2.53. The van der Waals surface area contributed by atoms with Crippen LogP contribution in [0.4, 0.5) is 4.79 Å². The van der Waals surface area contributed by atoms with Gasteiger partial charge in [0.2, 0.25) is 0 Å². The molecule has 1 rings (SSSR count). The number of unbranched alkanes of at least 4 members (excludes halogenated alkanes) is 1. The van der Waals surface area contributed by atoms with Crippen LogP contribution in [-0.4, -0.2) is 24.0 Å². The minimum Gasteiger partial charge on any atom is -0.325 e. The fourth-order valence-corrected chi connectivity index (χ4v) is 2.00. The maximum Gasteiger partial charge on any atom is 0.321 e. The lowest BCUT2D eigenvalue weighted by molar-refractivity contribution is 0.200. The molecule has 20 heavy (non-hydrogen) atoms. The van der Waals surface area contributed by atoms with Crippen molar-refractivity contribution in [1.82, 2.24) is 10.2 Å². The van der Waals surface area contributed by atoms with Crippen molar-refractivity contribution < 1.29 is 4.79 Å². The number of aryl methyl sites for hydroxylation is 1. The summed E-state index contributed by atoms with van der Waals surface area (Å²) in [5.41, 5.74) is 2.33. The molecule has 0 fully saturated rings. The van der Waals surface area contributed by atoms with Crippen LogP contribution in [0.25, 0.3) is 6.08 Å². The summed E-state index contributed by atoms with van der Waals surface area (Å²) in [6.07, 6.45) is 6.82. The molecule has 3 heteroatoms. The second-order valence-corrected chi connectivity index (χ2v) is 4.98. The van der Waals surface area contributed by atoms with Gasteiger partial charge in [0, 0.05) is 19.3 Å². The number of carbonyl (C=O) groups excluding carboxylic acids is 1. The number of nitrogens with zero attached hydrogens (tertiary/aromatic N) is 1. The topological polar surface area (TPSA) is 32.3 Å². The van der Waals surface area contributed by atoms with Gasteiger partial charge in [0.15, 0.2) is 0 Å². The maximum absolute atomic E-state index is 12.1. The third-order valence-electron chi connectivity index (χ3n) is 3.22. The zero-order valence-electron chi connectivity index (χ0n) is 12.9. The van der Waals surface area contributed by atoms with Gasteiger partial charge in [0.25, 0.3) is 0 Å². The Hall–Kier alpha value is -1.77. The van der Waals surface area contributed by atoms with Crippen molar-refractivity contribution in [3.8, 4) is 0 Å². The molecule has 1 aromatic rings. The molecule has 1 N–H and O–H groups in total. The first-order chi connectivity index (χ1) is 9.69. The van der Waals surface area contributed by atoms with Gasteiger partial charge in [-0.05, 0) is 37.0 Å². The fourth-order valence-electron chi connectivity index (χ4n) is 2.00. The average molecular weight is 274 g/mol. The zero-order valence-corrected chi connectivity index (χ0v) is 12.9. The average Bonchev–Trinajstić information content (AvgIpc) is 2.45. The Morgan fingerprint density at radius 3 is 2.60 bits per heavy atom. The number of nitrogens with one attached hydrogen (secondary N) is 1. The Kier molecular flexibility index (Phi) is 7.48. The summed E-state index contributed by atoms with van der Waals surface area (Å²) in [4.78, 5) is 14.0. The molecule has 0 unspecified atom stereocenters. The quantitative estimate of drug-likeness (QED) is 0.794. The van der Waals surface area contributed by atoms with Crippen LogP contribution >= 0.6 is 0 Å². The fraction of sp³-hybridized carbons (Fsp3) is 0.471. The number of hydrogen-bond acceptors (Lipinski definition) is 1. The van der Waals surface area contributed by atoms with Crippen molar-refractivity contribution in [2.45, 2.75) is 40.0 Å². The number of urea groups is 1. The molecule has 0 aliphatic rings. The number of rotatable bonds is 7. The van der Waals surface area contributed by atoms with E-state index in [0.717, 1.165) is 37.9 Å². The summed E-state index contributed by atoms with van der Waals surface area (Å²) in [5.74, 6) is 0. The first kappa shape index (κ1) is 16.3. The first-order valence-electron chi connectivity index (χ1n) is 7.46. The Bertz CT molecular complexity index is 440. The number of carbonyl (C=O) groups is 1. The Morgan fingerprint density at radius 1 is 1.20 bits per heavy atom. The molecule has 0 radical (unpaired) electrons. The molecule has 2 amide bonds. The summed E-state index contributed by atoms with van der Waals surface area (Å²) in [6, 6.07) is 8.11. The van der Waals surface area contributed by atoms with Gasteiger partial charge in [-0.25, -0.2) is 4.79 Å². The van der Waals surface area contributed by atoms with E-state index in [1.807, 2.05) is 29.2 Å². The molecule has 0 spiro atoms. The lowest BCUT2D eigenvalue weighted by atomic mass is 10.1. The molecule has 0 saturated carbocycles. The largest absolute Gasteiger partial charge is 0.325 e. The van der Waals surface area contributed by atoms with Crippen LogP contribution in [0.3, 0.4) is 0 Å². The van der Waals surface area contributed by atoms with Gasteiger partial charge in [-0.3, -0.25) is 0 Å². The molecule has 3 nitrogen and oxygen atoms in total. The monoisotopic (exact) mass is 274 g/mol. The van der Waals surface area contributed by atoms with E-state index in [-0.39, 0.29) is 6.03 Å². The third kappa shape index (κ3) is 5.47. The van der Waals surface area contributed by atoms with E-state index in [2.05, 4.69) is 32.2 Å². The highest BCUT2D eigenvalue weighted by Gasteiger charge is 2.09. The summed E-state index contributed by atoms with van der Waals surface area (Å²) in [7, 11) is 0. The summed E-state index contributed by atoms with van der Waals surface area (Å²) >= 11 is 0. The molecule has 0 saturated heterocycles. The van der Waals surface area contributed by atoms with Crippen molar-refractivity contribution >= 4 is 12.1 Å². The minimum atomic E-state index is -0.00914. The Labute approximate surface area is 122 Å². The zero-order chi connectivity index (χ0) is 14.8. The molecule has 0 aliphatic carbocycles. The SMILES string of the molecule is CCCCN(CCC)C(=O)N/C=C/c1ccccc1C. The first-order valence-corrected chi connectivity index (χ1v) is 7.46. The molecule has 0 bridgehead atoms. The van der Waals surface area contributed by atoms with Crippen LogP contribution in [-0.2, 0) is 0 Å². The van der Waals surface area contributed by atoms with Gasteiger partial charge < -0.3 is 10.2 Å². The number of benzene rings is 1. The van der Waals surface area contributed by atoms with Crippen LogP contribution < -0.4 is 5.32 Å². The maximum atomic E-state index is 12.1. The highest BCUT2D eigenvalue weighted by atomic mass is 16.2. The molecule has 1 aromatic carbocycles. The number of hydrogen-bond donors (Lipinski definition) is 1. The Morgan fingerprint density at radius 2 is 1.95 bits per heavy atom. The van der Waals surface area contributed by atoms with Gasteiger partial charge in [0.1, 0.15) is 0 Å². The standard InChI is InChI=1S/C17H26N2O/c1-4-6-14-19(13-5-2)17(20)18-12-11-16-10-8-7-9-15(16)3/h7-12H,4-6,13-14H2,1-3H3,(H,18,20)/b12-11+. The summed E-state index contributed by atoms with van der Waals surface area (Å²) in [6.45, 7) is 7.93. The van der Waals surface area contributed by atoms with Crippen molar-refractivity contribution in [3.05, 3.63) is 41.6 Å². The highest BCUT2D eigenvalue weighted by molar-refractivity contribution is 5.76. The van der Waals surface area contributed by atoms with E-state index in [0.29, 0.717) is 0 Å². The molecular formula is C17H26N2O. The van der Waals surface area contributed by atoms with Crippen LogP contribution in [0.5, 0.6) is 0 Å². The smallest absolute Gasteiger partial charge is 0.321 e. The van der Waals surface area contributed by atoms with Crippen molar-refractivity contribution in [1.29, 1.82) is 0 Å². The lowest BCUT2D eigenvalue weighted by Crippen LogP contribution is -2.38. The van der Waals surface area contributed by atoms with E-state index in [4.69, 9.17) is 0 Å². The van der Waals surface area contributed by atoms with Crippen molar-refractivity contribution in [3.63, 3.8) is 0 Å². The molecule has 110 valence electrons. The van der Waals surface area contributed by atoms with Crippen LogP contribution in [0, 0.1) is 6.92 Å². The predicted molar refractivity (Wildman–Crippen MR) is 85.5 cm³/mol. The van der Waals surface area contributed by atoms with E-state index < -0.39 is 0 Å². The van der Waals surface area contributed by atoms with E-state index in [1.165, 1.54) is 5.56 Å². The summed E-state index contributed by atoms with van der Waals surface area (Å²) in [5, 5.41) is 2.86.